The molecule has 0 fully saturated rings. The van der Waals surface area contributed by atoms with Gasteiger partial charge in [-0.15, -0.1) is 0 Å². The smallest absolute Gasteiger partial charge is 0.106 e. The Hall–Kier alpha value is -1.35. The number of imidazole rings is 1. The Labute approximate surface area is 96.1 Å². The van der Waals surface area contributed by atoms with E-state index in [2.05, 4.69) is 35.5 Å². The van der Waals surface area contributed by atoms with E-state index in [9.17, 15) is 0 Å². The van der Waals surface area contributed by atoms with Crippen molar-refractivity contribution in [2.24, 2.45) is 0 Å². The Morgan fingerprint density at radius 2 is 1.88 bits per heavy atom. The van der Waals surface area contributed by atoms with E-state index in [-0.39, 0.29) is 0 Å². The van der Waals surface area contributed by atoms with Gasteiger partial charge in [-0.1, -0.05) is 0 Å². The van der Waals surface area contributed by atoms with Gasteiger partial charge in [-0.3, -0.25) is 0 Å². The van der Waals surface area contributed by atoms with Crippen LogP contribution in [0.25, 0.3) is 11.0 Å². The molecule has 0 aliphatic carbocycles. The molecular formula is C13H18N2O. The number of aromatic nitrogens is 2. The predicted molar refractivity (Wildman–Crippen MR) is 65.8 cm³/mol. The van der Waals surface area contributed by atoms with Crippen molar-refractivity contribution in [3.8, 4) is 0 Å². The second kappa shape index (κ2) is 4.26. The molecule has 0 aliphatic heterocycles. The molecule has 3 nitrogen and oxygen atoms in total. The van der Waals surface area contributed by atoms with E-state index in [0.717, 1.165) is 24.5 Å². The van der Waals surface area contributed by atoms with Crippen LogP contribution in [0.15, 0.2) is 12.1 Å². The Bertz CT molecular complexity index is 514. The lowest BCUT2D eigenvalue weighted by atomic mass is 10.1. The number of rotatable bonds is 3. The van der Waals surface area contributed by atoms with E-state index in [0.29, 0.717) is 0 Å². The van der Waals surface area contributed by atoms with Crippen LogP contribution in [-0.4, -0.2) is 23.3 Å². The summed E-state index contributed by atoms with van der Waals surface area (Å²) in [5.74, 6) is 1.05. The zero-order valence-corrected chi connectivity index (χ0v) is 10.4. The molecule has 16 heavy (non-hydrogen) atoms. The Kier molecular flexibility index (Phi) is 2.97. The lowest BCUT2D eigenvalue weighted by Crippen LogP contribution is -2.05. The molecule has 0 saturated heterocycles. The summed E-state index contributed by atoms with van der Waals surface area (Å²) in [5.41, 5.74) is 4.89. The number of nitrogens with zero attached hydrogens (tertiary/aromatic N) is 2. The number of hydrogen-bond donors (Lipinski definition) is 0. The average molecular weight is 218 g/mol. The molecule has 2 rings (SSSR count). The van der Waals surface area contributed by atoms with Crippen LogP contribution < -0.4 is 0 Å². The largest absolute Gasteiger partial charge is 0.383 e. The molecule has 1 aromatic carbocycles. The van der Waals surface area contributed by atoms with Crippen molar-refractivity contribution >= 4 is 11.0 Å². The molecule has 2 aromatic rings. The molecule has 0 saturated carbocycles. The van der Waals surface area contributed by atoms with Crippen LogP contribution in [-0.2, 0) is 11.3 Å². The van der Waals surface area contributed by atoms with Crippen LogP contribution in [0.2, 0.25) is 0 Å². The number of methoxy groups -OCH3 is 1. The number of ether oxygens (including phenoxy) is 1. The molecule has 3 heteroatoms. The quantitative estimate of drug-likeness (QED) is 0.791. The highest BCUT2D eigenvalue weighted by molar-refractivity contribution is 5.78. The maximum Gasteiger partial charge on any atom is 0.106 e. The van der Waals surface area contributed by atoms with Crippen molar-refractivity contribution < 1.29 is 4.74 Å². The second-order valence-corrected chi connectivity index (χ2v) is 4.23. The third kappa shape index (κ3) is 1.83. The van der Waals surface area contributed by atoms with Gasteiger partial charge in [0.2, 0.25) is 0 Å². The third-order valence-corrected chi connectivity index (χ3v) is 3.07. The summed E-state index contributed by atoms with van der Waals surface area (Å²) in [7, 11) is 1.73. The minimum Gasteiger partial charge on any atom is -0.383 e. The Balaban J connectivity index is 2.55. The summed E-state index contributed by atoms with van der Waals surface area (Å²) < 4.78 is 7.34. The number of hydrogen-bond acceptors (Lipinski definition) is 2. The van der Waals surface area contributed by atoms with Crippen molar-refractivity contribution in [1.82, 2.24) is 9.55 Å². The van der Waals surface area contributed by atoms with E-state index in [1.807, 2.05) is 6.92 Å². The zero-order chi connectivity index (χ0) is 11.7. The molecular weight excluding hydrogens is 200 g/mol. The summed E-state index contributed by atoms with van der Waals surface area (Å²) in [5, 5.41) is 0. The van der Waals surface area contributed by atoms with Gasteiger partial charge in [0.1, 0.15) is 5.82 Å². The first-order valence-electron chi connectivity index (χ1n) is 5.56. The van der Waals surface area contributed by atoms with Gasteiger partial charge in [0, 0.05) is 13.7 Å². The first-order chi connectivity index (χ1) is 7.63. The monoisotopic (exact) mass is 218 g/mol. The molecule has 0 amide bonds. The first kappa shape index (κ1) is 11.1. The average Bonchev–Trinajstić information content (AvgIpc) is 2.52. The van der Waals surface area contributed by atoms with Gasteiger partial charge in [-0.25, -0.2) is 4.98 Å². The van der Waals surface area contributed by atoms with Crippen LogP contribution in [0.5, 0.6) is 0 Å². The van der Waals surface area contributed by atoms with Gasteiger partial charge in [0.05, 0.1) is 17.6 Å². The van der Waals surface area contributed by atoms with Gasteiger partial charge in [-0.05, 0) is 44.0 Å². The summed E-state index contributed by atoms with van der Waals surface area (Å²) in [6.45, 7) is 7.89. The van der Waals surface area contributed by atoms with Crippen LogP contribution in [0, 0.1) is 20.8 Å². The lowest BCUT2D eigenvalue weighted by Gasteiger charge is -2.06. The van der Waals surface area contributed by atoms with Gasteiger partial charge < -0.3 is 9.30 Å². The summed E-state index contributed by atoms with van der Waals surface area (Å²) in [6.07, 6.45) is 0. The molecule has 1 heterocycles. The van der Waals surface area contributed by atoms with Crippen LogP contribution in [0.1, 0.15) is 17.0 Å². The Morgan fingerprint density at radius 1 is 1.19 bits per heavy atom. The number of aryl methyl sites for hydroxylation is 3. The van der Waals surface area contributed by atoms with Crippen molar-refractivity contribution in [3.63, 3.8) is 0 Å². The molecule has 0 aliphatic rings. The third-order valence-electron chi connectivity index (χ3n) is 3.07. The maximum atomic E-state index is 5.12. The van der Waals surface area contributed by atoms with Crippen LogP contribution in [0.4, 0.5) is 0 Å². The van der Waals surface area contributed by atoms with Crippen molar-refractivity contribution in [3.05, 3.63) is 29.1 Å². The van der Waals surface area contributed by atoms with E-state index in [1.165, 1.54) is 16.6 Å². The van der Waals surface area contributed by atoms with Crippen molar-refractivity contribution in [1.29, 1.82) is 0 Å². The topological polar surface area (TPSA) is 27.1 Å². The first-order valence-corrected chi connectivity index (χ1v) is 5.56. The van der Waals surface area contributed by atoms with Gasteiger partial charge in [-0.2, -0.15) is 0 Å². The highest BCUT2D eigenvalue weighted by Crippen LogP contribution is 2.20. The molecule has 0 unspecified atom stereocenters. The maximum absolute atomic E-state index is 5.12. The lowest BCUT2D eigenvalue weighted by molar-refractivity contribution is 0.187. The van der Waals surface area contributed by atoms with Gasteiger partial charge in [0.15, 0.2) is 0 Å². The minimum absolute atomic E-state index is 0.721. The van der Waals surface area contributed by atoms with Gasteiger partial charge in [0.25, 0.3) is 0 Å². The molecule has 0 atom stereocenters. The van der Waals surface area contributed by atoms with E-state index < -0.39 is 0 Å². The van der Waals surface area contributed by atoms with E-state index >= 15 is 0 Å². The van der Waals surface area contributed by atoms with Crippen molar-refractivity contribution in [2.45, 2.75) is 27.3 Å². The second-order valence-electron chi connectivity index (χ2n) is 4.23. The predicted octanol–water partition coefficient (Wildman–Crippen LogP) is 2.61. The molecule has 1 aromatic heterocycles. The Morgan fingerprint density at radius 3 is 2.56 bits per heavy atom. The minimum atomic E-state index is 0.721. The molecule has 0 radical (unpaired) electrons. The highest BCUT2D eigenvalue weighted by atomic mass is 16.5. The molecule has 0 spiro atoms. The zero-order valence-electron chi connectivity index (χ0n) is 10.4. The standard InChI is InChI=1S/C13H18N2O/c1-9-7-12-13(8-10(9)2)15(5-6-16-4)11(3)14-12/h7-8H,5-6H2,1-4H3. The number of fused-ring (bicyclic) bond motifs is 1. The van der Waals surface area contributed by atoms with Crippen molar-refractivity contribution in [2.75, 3.05) is 13.7 Å². The van der Waals surface area contributed by atoms with Crippen LogP contribution >= 0.6 is 0 Å². The van der Waals surface area contributed by atoms with Gasteiger partial charge >= 0.3 is 0 Å². The normalized spacial score (nSPS) is 11.2. The molecule has 86 valence electrons. The fourth-order valence-corrected chi connectivity index (χ4v) is 1.97. The highest BCUT2D eigenvalue weighted by Gasteiger charge is 2.08. The summed E-state index contributed by atoms with van der Waals surface area (Å²) in [6, 6.07) is 4.36. The van der Waals surface area contributed by atoms with Crippen LogP contribution in [0.3, 0.4) is 0 Å². The SMILES string of the molecule is COCCn1c(C)nc2cc(C)c(C)cc21. The fraction of sp³-hybridized carbons (Fsp3) is 0.462. The molecule has 0 N–H and O–H groups in total. The number of benzene rings is 1. The molecule has 0 bridgehead atoms. The summed E-state index contributed by atoms with van der Waals surface area (Å²) in [4.78, 5) is 4.58. The summed E-state index contributed by atoms with van der Waals surface area (Å²) >= 11 is 0. The van der Waals surface area contributed by atoms with E-state index in [4.69, 9.17) is 4.74 Å². The van der Waals surface area contributed by atoms with E-state index in [1.54, 1.807) is 7.11 Å². The fourth-order valence-electron chi connectivity index (χ4n) is 1.97.